The van der Waals surface area contributed by atoms with Crippen LogP contribution in [0.4, 0.5) is 10.9 Å². The summed E-state index contributed by atoms with van der Waals surface area (Å²) in [7, 11) is 0. The van der Waals surface area contributed by atoms with Crippen LogP contribution in [0, 0.1) is 0 Å². The average molecular weight is 339 g/mol. The Balaban J connectivity index is 1.66. The van der Waals surface area contributed by atoms with Crippen LogP contribution < -0.4 is 5.32 Å². The molecule has 1 N–H and O–H groups in total. The van der Waals surface area contributed by atoms with Crippen LogP contribution in [0.3, 0.4) is 0 Å². The maximum Gasteiger partial charge on any atom is 0.188 e. The maximum atomic E-state index is 6.22. The van der Waals surface area contributed by atoms with Gasteiger partial charge >= 0.3 is 0 Å². The molecular weight excluding hydrogens is 328 g/mol. The van der Waals surface area contributed by atoms with E-state index >= 15 is 0 Å². The first-order valence-electron chi connectivity index (χ1n) is 7.00. The molecule has 0 amide bonds. The summed E-state index contributed by atoms with van der Waals surface area (Å²) in [6, 6.07) is 17.7. The zero-order chi connectivity index (χ0) is 15.6. The lowest BCUT2D eigenvalue weighted by atomic mass is 10.2. The molecule has 23 heavy (non-hydrogen) atoms. The molecule has 0 unspecified atom stereocenters. The Morgan fingerprint density at radius 2 is 1.52 bits per heavy atom. The maximum absolute atomic E-state index is 6.22. The van der Waals surface area contributed by atoms with Crippen molar-refractivity contribution in [1.29, 1.82) is 0 Å². The second-order valence-electron chi connectivity index (χ2n) is 4.88. The minimum Gasteiger partial charge on any atom is -0.314 e. The number of anilines is 2. The van der Waals surface area contributed by atoms with E-state index in [1.165, 1.54) is 11.3 Å². The third-order valence-corrected chi connectivity index (χ3v) is 4.35. The third kappa shape index (κ3) is 2.88. The highest BCUT2D eigenvalue weighted by Gasteiger charge is 2.10. The van der Waals surface area contributed by atoms with Crippen LogP contribution >= 0.6 is 22.9 Å². The number of halogens is 1. The topological polar surface area (TPSA) is 50.7 Å². The molecule has 0 radical (unpaired) electrons. The molecule has 0 saturated carbocycles. The van der Waals surface area contributed by atoms with Gasteiger partial charge in [-0.05, 0) is 12.1 Å². The summed E-state index contributed by atoms with van der Waals surface area (Å²) in [5, 5.41) is 6.22. The minimum absolute atomic E-state index is 0.333. The van der Waals surface area contributed by atoms with E-state index in [0.29, 0.717) is 11.0 Å². The van der Waals surface area contributed by atoms with Crippen LogP contribution in [0.2, 0.25) is 5.15 Å². The van der Waals surface area contributed by atoms with Crippen molar-refractivity contribution < 1.29 is 0 Å². The van der Waals surface area contributed by atoms with E-state index in [2.05, 4.69) is 20.3 Å². The zero-order valence-electron chi connectivity index (χ0n) is 11.9. The quantitative estimate of drug-likeness (QED) is 0.561. The Kier molecular flexibility index (Phi) is 3.65. The largest absolute Gasteiger partial charge is 0.314 e. The van der Waals surface area contributed by atoms with Gasteiger partial charge in [0.2, 0.25) is 0 Å². The van der Waals surface area contributed by atoms with Gasteiger partial charge < -0.3 is 5.32 Å². The van der Waals surface area contributed by atoms with Crippen LogP contribution in [0.15, 0.2) is 60.0 Å². The zero-order valence-corrected chi connectivity index (χ0v) is 13.5. The van der Waals surface area contributed by atoms with Gasteiger partial charge in [-0.25, -0.2) is 15.0 Å². The van der Waals surface area contributed by atoms with Gasteiger partial charge in [0.1, 0.15) is 0 Å². The van der Waals surface area contributed by atoms with Gasteiger partial charge in [0.05, 0.1) is 16.7 Å². The molecule has 4 nitrogen and oxygen atoms in total. The van der Waals surface area contributed by atoms with Crippen LogP contribution in [0.25, 0.3) is 22.3 Å². The van der Waals surface area contributed by atoms with E-state index in [-0.39, 0.29) is 0 Å². The summed E-state index contributed by atoms with van der Waals surface area (Å²) in [5.41, 5.74) is 3.56. The molecule has 2 aromatic carbocycles. The Morgan fingerprint density at radius 3 is 2.30 bits per heavy atom. The summed E-state index contributed by atoms with van der Waals surface area (Å²) >= 11 is 7.72. The molecule has 0 spiro atoms. The Bertz CT molecular complexity index is 969. The second kappa shape index (κ2) is 5.95. The molecule has 0 saturated heterocycles. The van der Waals surface area contributed by atoms with Crippen molar-refractivity contribution in [2.45, 2.75) is 0 Å². The number of thiazole rings is 1. The molecule has 0 aliphatic rings. The molecule has 6 heteroatoms. The smallest absolute Gasteiger partial charge is 0.188 e. The number of aromatic nitrogens is 3. The van der Waals surface area contributed by atoms with Crippen molar-refractivity contribution in [1.82, 2.24) is 15.0 Å². The minimum atomic E-state index is 0.333. The number of nitrogens with zero attached hydrogens (tertiary/aromatic N) is 3. The molecule has 2 aromatic heterocycles. The number of hydrogen-bond donors (Lipinski definition) is 1. The monoisotopic (exact) mass is 338 g/mol. The van der Waals surface area contributed by atoms with Crippen LogP contribution in [-0.2, 0) is 0 Å². The van der Waals surface area contributed by atoms with E-state index in [9.17, 15) is 0 Å². The number of benzene rings is 2. The summed E-state index contributed by atoms with van der Waals surface area (Å²) in [6.07, 6.45) is 0. The van der Waals surface area contributed by atoms with Gasteiger partial charge in [-0.1, -0.05) is 54.1 Å². The van der Waals surface area contributed by atoms with Crippen molar-refractivity contribution in [2.24, 2.45) is 0 Å². The molecule has 0 aliphatic carbocycles. The molecular formula is C17H11ClN4S. The first-order chi connectivity index (χ1) is 11.3. The van der Waals surface area contributed by atoms with Gasteiger partial charge in [0.15, 0.2) is 16.1 Å². The van der Waals surface area contributed by atoms with Crippen molar-refractivity contribution in [3.8, 4) is 11.3 Å². The van der Waals surface area contributed by atoms with Gasteiger partial charge in [0.25, 0.3) is 0 Å². The SMILES string of the molecule is Clc1nc2ccccc2nc1Nc1nc(-c2ccccc2)cs1. The van der Waals surface area contributed by atoms with Crippen molar-refractivity contribution in [3.63, 3.8) is 0 Å². The van der Waals surface area contributed by atoms with E-state index < -0.39 is 0 Å². The number of nitrogens with one attached hydrogen (secondary N) is 1. The first kappa shape index (κ1) is 14.1. The summed E-state index contributed by atoms with van der Waals surface area (Å²) in [5.74, 6) is 0.513. The van der Waals surface area contributed by atoms with Crippen LogP contribution in [0.1, 0.15) is 0 Å². The highest BCUT2D eigenvalue weighted by molar-refractivity contribution is 7.14. The molecule has 0 atom stereocenters. The van der Waals surface area contributed by atoms with E-state index in [1.807, 2.05) is 60.0 Å². The number of rotatable bonds is 3. The van der Waals surface area contributed by atoms with Gasteiger partial charge in [0, 0.05) is 10.9 Å². The lowest BCUT2D eigenvalue weighted by molar-refractivity contribution is 1.27. The lowest BCUT2D eigenvalue weighted by Gasteiger charge is -2.05. The first-order valence-corrected chi connectivity index (χ1v) is 8.25. The third-order valence-electron chi connectivity index (χ3n) is 3.33. The average Bonchev–Trinajstić information content (AvgIpc) is 3.05. The normalized spacial score (nSPS) is 10.8. The highest BCUT2D eigenvalue weighted by atomic mass is 35.5. The summed E-state index contributed by atoms with van der Waals surface area (Å²) in [6.45, 7) is 0. The molecule has 0 aliphatic heterocycles. The fourth-order valence-electron chi connectivity index (χ4n) is 2.23. The summed E-state index contributed by atoms with van der Waals surface area (Å²) < 4.78 is 0. The van der Waals surface area contributed by atoms with Crippen molar-refractivity contribution in [3.05, 3.63) is 65.1 Å². The Labute approximate surface area is 141 Å². The van der Waals surface area contributed by atoms with Crippen molar-refractivity contribution in [2.75, 3.05) is 5.32 Å². The van der Waals surface area contributed by atoms with Crippen molar-refractivity contribution >= 4 is 44.9 Å². The number of fused-ring (bicyclic) bond motifs is 1. The predicted octanol–water partition coefficient (Wildman–Crippen LogP) is 5.15. The van der Waals surface area contributed by atoms with Crippen LogP contribution in [-0.4, -0.2) is 15.0 Å². The van der Waals surface area contributed by atoms with Gasteiger partial charge in [-0.2, -0.15) is 0 Å². The molecule has 112 valence electrons. The molecule has 4 rings (SSSR count). The molecule has 0 bridgehead atoms. The molecule has 4 aromatic rings. The van der Waals surface area contributed by atoms with E-state index in [4.69, 9.17) is 11.6 Å². The second-order valence-corrected chi connectivity index (χ2v) is 6.10. The fourth-order valence-corrected chi connectivity index (χ4v) is 3.13. The Hall–Kier alpha value is -2.50. The number of hydrogen-bond acceptors (Lipinski definition) is 5. The highest BCUT2D eigenvalue weighted by Crippen LogP contribution is 2.29. The molecule has 2 heterocycles. The number of para-hydroxylation sites is 2. The van der Waals surface area contributed by atoms with Gasteiger partial charge in [-0.15, -0.1) is 11.3 Å². The van der Waals surface area contributed by atoms with Crippen LogP contribution in [0.5, 0.6) is 0 Å². The van der Waals surface area contributed by atoms with E-state index in [1.54, 1.807) is 0 Å². The lowest BCUT2D eigenvalue weighted by Crippen LogP contribution is -1.97. The standard InChI is InChI=1S/C17H11ClN4S/c18-15-16(20-13-9-5-4-8-12(13)19-15)22-17-21-14(10-23-17)11-6-2-1-3-7-11/h1-10H,(H,20,21,22). The van der Waals surface area contributed by atoms with E-state index in [0.717, 1.165) is 27.4 Å². The summed E-state index contributed by atoms with van der Waals surface area (Å²) in [4.78, 5) is 13.4. The fraction of sp³-hybridized carbons (Fsp3) is 0. The van der Waals surface area contributed by atoms with Gasteiger partial charge in [-0.3, -0.25) is 0 Å². The molecule has 0 fully saturated rings. The Morgan fingerprint density at radius 1 is 0.826 bits per heavy atom. The predicted molar refractivity (Wildman–Crippen MR) is 95.4 cm³/mol.